The lowest BCUT2D eigenvalue weighted by molar-refractivity contribution is -0.138. The van der Waals surface area contributed by atoms with E-state index in [0.717, 1.165) is 10.0 Å². The van der Waals surface area contributed by atoms with Gasteiger partial charge < -0.3 is 10.2 Å². The topological polar surface area (TPSA) is 57.5 Å². The van der Waals surface area contributed by atoms with Crippen LogP contribution < -0.4 is 0 Å². The molecule has 0 amide bonds. The highest BCUT2D eigenvalue weighted by Crippen LogP contribution is 2.25. The Morgan fingerprint density at radius 1 is 1.16 bits per heavy atom. The number of hydrogen-bond donors (Lipinski definition) is 2. The number of carboxylic acid groups (broad SMARTS) is 1. The highest BCUT2D eigenvalue weighted by molar-refractivity contribution is 9.10. The number of aliphatic carboxylic acids is 1. The number of phenols is 1. The van der Waals surface area contributed by atoms with Gasteiger partial charge in [0.25, 0.3) is 0 Å². The summed E-state index contributed by atoms with van der Waals surface area (Å²) in [5, 5.41) is 18.8. The van der Waals surface area contributed by atoms with Crippen molar-refractivity contribution >= 4 is 21.9 Å². The zero-order chi connectivity index (χ0) is 13.8. The predicted octanol–water partition coefficient (Wildman–Crippen LogP) is 3.57. The lowest BCUT2D eigenvalue weighted by Crippen LogP contribution is -2.14. The molecule has 4 heteroatoms. The Hall–Kier alpha value is -1.81. The first kappa shape index (κ1) is 13.6. The molecule has 0 aliphatic rings. The highest BCUT2D eigenvalue weighted by Gasteiger charge is 2.20. The van der Waals surface area contributed by atoms with Crippen molar-refractivity contribution in [3.05, 3.63) is 64.1 Å². The Labute approximate surface area is 119 Å². The molecule has 98 valence electrons. The Morgan fingerprint density at radius 2 is 1.84 bits per heavy atom. The Morgan fingerprint density at radius 3 is 2.42 bits per heavy atom. The van der Waals surface area contributed by atoms with Gasteiger partial charge in [0.15, 0.2) is 0 Å². The average molecular weight is 321 g/mol. The maximum atomic E-state index is 11.4. The van der Waals surface area contributed by atoms with E-state index in [9.17, 15) is 15.0 Å². The van der Waals surface area contributed by atoms with E-state index in [1.54, 1.807) is 12.1 Å². The van der Waals surface area contributed by atoms with Crippen molar-refractivity contribution in [3.8, 4) is 5.75 Å². The molecular weight excluding hydrogens is 308 g/mol. The van der Waals surface area contributed by atoms with Gasteiger partial charge in [-0.05, 0) is 41.8 Å². The monoisotopic (exact) mass is 320 g/mol. The molecule has 0 bridgehead atoms. The molecule has 1 atom stereocenters. The first-order valence-electron chi connectivity index (χ1n) is 5.82. The number of hydrogen-bond acceptors (Lipinski definition) is 2. The first-order chi connectivity index (χ1) is 9.06. The third-order valence-corrected chi connectivity index (χ3v) is 3.45. The summed E-state index contributed by atoms with van der Waals surface area (Å²) in [6.07, 6.45) is 0.395. The summed E-state index contributed by atoms with van der Waals surface area (Å²) in [4.78, 5) is 11.4. The van der Waals surface area contributed by atoms with E-state index in [0.29, 0.717) is 12.0 Å². The van der Waals surface area contributed by atoms with Crippen molar-refractivity contribution < 1.29 is 15.0 Å². The van der Waals surface area contributed by atoms with Crippen LogP contribution in [0.4, 0.5) is 0 Å². The number of phenolic OH excluding ortho intramolecular Hbond substituents is 1. The van der Waals surface area contributed by atoms with E-state index in [4.69, 9.17) is 0 Å². The molecule has 0 spiro atoms. The van der Waals surface area contributed by atoms with Gasteiger partial charge >= 0.3 is 5.97 Å². The van der Waals surface area contributed by atoms with Crippen LogP contribution in [0.15, 0.2) is 53.0 Å². The lowest BCUT2D eigenvalue weighted by Gasteiger charge is -2.13. The zero-order valence-corrected chi connectivity index (χ0v) is 11.7. The summed E-state index contributed by atoms with van der Waals surface area (Å²) in [6.45, 7) is 0. The van der Waals surface area contributed by atoms with E-state index in [1.165, 1.54) is 12.1 Å². The SMILES string of the molecule is O=C(O)C(Cc1ccc(Br)cc1)c1cccc(O)c1. The van der Waals surface area contributed by atoms with Crippen LogP contribution in [-0.4, -0.2) is 16.2 Å². The third-order valence-electron chi connectivity index (χ3n) is 2.92. The molecule has 0 aromatic heterocycles. The van der Waals surface area contributed by atoms with Crippen LogP contribution >= 0.6 is 15.9 Å². The molecule has 0 aliphatic heterocycles. The second kappa shape index (κ2) is 5.89. The van der Waals surface area contributed by atoms with E-state index in [2.05, 4.69) is 15.9 Å². The third kappa shape index (κ3) is 3.58. The van der Waals surface area contributed by atoms with Gasteiger partial charge in [-0.3, -0.25) is 4.79 Å². The fourth-order valence-corrected chi connectivity index (χ4v) is 2.21. The number of carboxylic acids is 1. The Balaban J connectivity index is 2.26. The molecular formula is C15H13BrO3. The number of benzene rings is 2. The van der Waals surface area contributed by atoms with E-state index >= 15 is 0 Å². The predicted molar refractivity (Wildman–Crippen MR) is 76.3 cm³/mol. The summed E-state index contributed by atoms with van der Waals surface area (Å²) >= 11 is 3.35. The second-order valence-electron chi connectivity index (χ2n) is 4.32. The molecule has 2 N–H and O–H groups in total. The van der Waals surface area contributed by atoms with Crippen LogP contribution in [-0.2, 0) is 11.2 Å². The van der Waals surface area contributed by atoms with Gasteiger partial charge in [0.1, 0.15) is 5.75 Å². The lowest BCUT2D eigenvalue weighted by atomic mass is 9.92. The minimum absolute atomic E-state index is 0.0829. The summed E-state index contributed by atoms with van der Waals surface area (Å²) in [6, 6.07) is 14.0. The maximum absolute atomic E-state index is 11.4. The number of carbonyl (C=O) groups is 1. The maximum Gasteiger partial charge on any atom is 0.311 e. The van der Waals surface area contributed by atoms with Gasteiger partial charge in [0, 0.05) is 4.47 Å². The van der Waals surface area contributed by atoms with Crippen molar-refractivity contribution in [2.75, 3.05) is 0 Å². The van der Waals surface area contributed by atoms with Gasteiger partial charge in [-0.25, -0.2) is 0 Å². The van der Waals surface area contributed by atoms with Crippen LogP contribution in [0.1, 0.15) is 17.0 Å². The van der Waals surface area contributed by atoms with Crippen molar-refractivity contribution in [1.82, 2.24) is 0 Å². The average Bonchev–Trinajstić information content (AvgIpc) is 2.37. The first-order valence-corrected chi connectivity index (χ1v) is 6.62. The molecule has 2 rings (SSSR count). The smallest absolute Gasteiger partial charge is 0.311 e. The van der Waals surface area contributed by atoms with Gasteiger partial charge in [-0.1, -0.05) is 40.2 Å². The second-order valence-corrected chi connectivity index (χ2v) is 5.23. The van der Waals surface area contributed by atoms with Crippen molar-refractivity contribution in [1.29, 1.82) is 0 Å². The standard InChI is InChI=1S/C15H13BrO3/c16-12-6-4-10(5-7-12)8-14(15(18)19)11-2-1-3-13(17)9-11/h1-7,9,14,17H,8H2,(H,18,19). The molecule has 0 aliphatic carbocycles. The van der Waals surface area contributed by atoms with Gasteiger partial charge in [-0.2, -0.15) is 0 Å². The van der Waals surface area contributed by atoms with Crippen LogP contribution in [0.3, 0.4) is 0 Å². The number of rotatable bonds is 4. The summed E-state index contributed by atoms with van der Waals surface area (Å²) in [5.41, 5.74) is 1.55. The molecule has 19 heavy (non-hydrogen) atoms. The quantitative estimate of drug-likeness (QED) is 0.905. The minimum Gasteiger partial charge on any atom is -0.508 e. The molecule has 2 aromatic carbocycles. The van der Waals surface area contributed by atoms with Crippen LogP contribution in [0.5, 0.6) is 5.75 Å². The number of halogens is 1. The number of aromatic hydroxyl groups is 1. The highest BCUT2D eigenvalue weighted by atomic mass is 79.9. The Bertz CT molecular complexity index is 578. The largest absolute Gasteiger partial charge is 0.508 e. The van der Waals surface area contributed by atoms with Gasteiger partial charge in [0.05, 0.1) is 5.92 Å². The van der Waals surface area contributed by atoms with Crippen molar-refractivity contribution in [2.45, 2.75) is 12.3 Å². The van der Waals surface area contributed by atoms with Crippen LogP contribution in [0.25, 0.3) is 0 Å². The van der Waals surface area contributed by atoms with E-state index < -0.39 is 11.9 Å². The molecule has 0 saturated heterocycles. The van der Waals surface area contributed by atoms with E-state index in [1.807, 2.05) is 24.3 Å². The molecule has 1 unspecified atom stereocenters. The Kier molecular flexibility index (Phi) is 4.22. The molecule has 3 nitrogen and oxygen atoms in total. The molecule has 0 fully saturated rings. The minimum atomic E-state index is -0.895. The summed E-state index contributed by atoms with van der Waals surface area (Å²) in [7, 11) is 0. The molecule has 0 heterocycles. The summed E-state index contributed by atoms with van der Waals surface area (Å²) < 4.78 is 0.959. The van der Waals surface area contributed by atoms with Crippen molar-refractivity contribution in [3.63, 3.8) is 0 Å². The summed E-state index contributed by atoms with van der Waals surface area (Å²) in [5.74, 6) is -1.47. The normalized spacial score (nSPS) is 12.1. The van der Waals surface area contributed by atoms with Crippen LogP contribution in [0.2, 0.25) is 0 Å². The fraction of sp³-hybridized carbons (Fsp3) is 0.133. The van der Waals surface area contributed by atoms with Gasteiger partial charge in [-0.15, -0.1) is 0 Å². The molecule has 0 radical (unpaired) electrons. The molecule has 2 aromatic rings. The van der Waals surface area contributed by atoms with E-state index in [-0.39, 0.29) is 5.75 Å². The molecule has 0 saturated carbocycles. The van der Waals surface area contributed by atoms with Crippen molar-refractivity contribution in [2.24, 2.45) is 0 Å². The van der Waals surface area contributed by atoms with Gasteiger partial charge in [0.2, 0.25) is 0 Å². The fourth-order valence-electron chi connectivity index (χ4n) is 1.95. The zero-order valence-electron chi connectivity index (χ0n) is 10.1. The van der Waals surface area contributed by atoms with Crippen LogP contribution in [0, 0.1) is 0 Å².